The number of rotatable bonds is 5. The van der Waals surface area contributed by atoms with Crippen molar-refractivity contribution in [3.05, 3.63) is 0 Å². The Morgan fingerprint density at radius 3 is 2.78 bits per heavy atom. The van der Waals surface area contributed by atoms with E-state index in [0.29, 0.717) is 19.5 Å². The summed E-state index contributed by atoms with van der Waals surface area (Å²) in [5.74, 6) is 1.70. The highest BCUT2D eigenvalue weighted by Gasteiger charge is 2.41. The Balaban J connectivity index is 2.28. The van der Waals surface area contributed by atoms with Crippen LogP contribution in [0.25, 0.3) is 0 Å². The Hall–Kier alpha value is -1.70. The number of terminal acetylenes is 1. The van der Waals surface area contributed by atoms with E-state index in [1.165, 1.54) is 0 Å². The maximum Gasteiger partial charge on any atom is 0.317 e. The van der Waals surface area contributed by atoms with E-state index in [0.717, 1.165) is 19.3 Å². The van der Waals surface area contributed by atoms with Crippen molar-refractivity contribution in [1.82, 2.24) is 10.2 Å². The first-order chi connectivity index (χ1) is 8.49. The van der Waals surface area contributed by atoms with Crippen LogP contribution in [0.4, 0.5) is 4.79 Å². The van der Waals surface area contributed by atoms with Gasteiger partial charge in [-0.1, -0.05) is 0 Å². The molecule has 5 heteroatoms. The smallest absolute Gasteiger partial charge is 0.317 e. The number of nitrogens with zero attached hydrogens (tertiary/aromatic N) is 1. The van der Waals surface area contributed by atoms with Gasteiger partial charge in [-0.3, -0.25) is 4.79 Å². The van der Waals surface area contributed by atoms with E-state index < -0.39 is 11.4 Å². The van der Waals surface area contributed by atoms with Gasteiger partial charge in [-0.05, 0) is 26.2 Å². The molecule has 0 radical (unpaired) electrons. The van der Waals surface area contributed by atoms with Gasteiger partial charge >= 0.3 is 12.0 Å². The molecule has 100 valence electrons. The van der Waals surface area contributed by atoms with E-state index in [1.807, 2.05) is 0 Å². The third kappa shape index (κ3) is 3.66. The van der Waals surface area contributed by atoms with Crippen LogP contribution in [0, 0.1) is 17.8 Å². The Labute approximate surface area is 108 Å². The lowest BCUT2D eigenvalue weighted by Crippen LogP contribution is -2.41. The average molecular weight is 252 g/mol. The molecule has 5 nitrogen and oxygen atoms in total. The summed E-state index contributed by atoms with van der Waals surface area (Å²) in [7, 11) is 0. The number of hydrogen-bond acceptors (Lipinski definition) is 2. The fourth-order valence-corrected chi connectivity index (χ4v) is 1.97. The van der Waals surface area contributed by atoms with E-state index >= 15 is 0 Å². The van der Waals surface area contributed by atoms with Gasteiger partial charge in [0.15, 0.2) is 0 Å². The molecule has 1 unspecified atom stereocenters. The lowest BCUT2D eigenvalue weighted by Gasteiger charge is -2.20. The third-order valence-electron chi connectivity index (χ3n) is 3.30. The number of carbonyl (C=O) groups is 2. The summed E-state index contributed by atoms with van der Waals surface area (Å²) in [5.41, 5.74) is -0.805. The van der Waals surface area contributed by atoms with Gasteiger partial charge < -0.3 is 15.3 Å². The molecule has 2 N–H and O–H groups in total. The molecule has 0 aromatic rings. The van der Waals surface area contributed by atoms with Gasteiger partial charge in [0, 0.05) is 26.1 Å². The van der Waals surface area contributed by atoms with Gasteiger partial charge in [-0.15, -0.1) is 12.3 Å². The van der Waals surface area contributed by atoms with Crippen LogP contribution in [0.3, 0.4) is 0 Å². The zero-order chi connectivity index (χ0) is 13.6. The number of carbonyl (C=O) groups excluding carboxylic acids is 1. The molecule has 0 saturated carbocycles. The number of unbranched alkanes of at least 4 members (excludes halogenated alkanes) is 2. The molecule has 0 aromatic heterocycles. The van der Waals surface area contributed by atoms with Gasteiger partial charge in [-0.2, -0.15) is 0 Å². The van der Waals surface area contributed by atoms with Crippen LogP contribution in [0.2, 0.25) is 0 Å². The largest absolute Gasteiger partial charge is 0.481 e. The van der Waals surface area contributed by atoms with E-state index in [1.54, 1.807) is 11.8 Å². The fourth-order valence-electron chi connectivity index (χ4n) is 1.97. The number of nitrogens with one attached hydrogen (secondary N) is 1. The van der Waals surface area contributed by atoms with E-state index in [4.69, 9.17) is 11.5 Å². The summed E-state index contributed by atoms with van der Waals surface area (Å²) < 4.78 is 0. The standard InChI is InChI=1S/C13H20N2O3/c1-3-4-5-6-8-14-12(18)15-9-7-13(2,10-15)11(16)17/h1H,4-10H2,2H3,(H,14,18)(H,16,17). The highest BCUT2D eigenvalue weighted by molar-refractivity contribution is 5.79. The first kappa shape index (κ1) is 14.4. The lowest BCUT2D eigenvalue weighted by atomic mass is 9.90. The van der Waals surface area contributed by atoms with E-state index in [-0.39, 0.29) is 12.6 Å². The first-order valence-corrected chi connectivity index (χ1v) is 6.19. The second-order valence-electron chi connectivity index (χ2n) is 4.93. The molecule has 18 heavy (non-hydrogen) atoms. The number of likely N-dealkylation sites (tertiary alicyclic amines) is 1. The van der Waals surface area contributed by atoms with Gasteiger partial charge in [0.1, 0.15) is 0 Å². The average Bonchev–Trinajstić information content (AvgIpc) is 2.73. The molecular formula is C13H20N2O3. The summed E-state index contributed by atoms with van der Waals surface area (Å²) in [5, 5.41) is 11.9. The van der Waals surface area contributed by atoms with Gasteiger partial charge in [0.25, 0.3) is 0 Å². The quantitative estimate of drug-likeness (QED) is 0.572. The number of carboxylic acids is 1. The maximum atomic E-state index is 11.8. The maximum absolute atomic E-state index is 11.8. The van der Waals surface area contributed by atoms with E-state index in [9.17, 15) is 9.59 Å². The van der Waals surface area contributed by atoms with Crippen molar-refractivity contribution in [2.24, 2.45) is 5.41 Å². The van der Waals surface area contributed by atoms with Crippen molar-refractivity contribution in [3.63, 3.8) is 0 Å². The molecule has 0 aliphatic carbocycles. The molecule has 1 aliphatic rings. The topological polar surface area (TPSA) is 69.6 Å². The third-order valence-corrected chi connectivity index (χ3v) is 3.30. The van der Waals surface area contributed by atoms with Crippen molar-refractivity contribution in [3.8, 4) is 12.3 Å². The minimum absolute atomic E-state index is 0.180. The van der Waals surface area contributed by atoms with E-state index in [2.05, 4.69) is 11.2 Å². The highest BCUT2D eigenvalue weighted by Crippen LogP contribution is 2.29. The molecule has 1 rings (SSSR count). The van der Waals surface area contributed by atoms with Crippen molar-refractivity contribution >= 4 is 12.0 Å². The number of hydrogen-bond donors (Lipinski definition) is 2. The molecule has 1 fully saturated rings. The molecule has 1 saturated heterocycles. The number of amides is 2. The van der Waals surface area contributed by atoms with Crippen molar-refractivity contribution in [1.29, 1.82) is 0 Å². The van der Waals surface area contributed by atoms with Crippen LogP contribution in [-0.4, -0.2) is 41.6 Å². The summed E-state index contributed by atoms with van der Waals surface area (Å²) in [4.78, 5) is 24.4. The highest BCUT2D eigenvalue weighted by atomic mass is 16.4. The predicted octanol–water partition coefficient (Wildman–Crippen LogP) is 1.30. The molecule has 0 aromatic carbocycles. The Kier molecular flexibility index (Phi) is 5.02. The second kappa shape index (κ2) is 6.29. The minimum Gasteiger partial charge on any atom is -0.481 e. The number of carboxylic acid groups (broad SMARTS) is 1. The van der Waals surface area contributed by atoms with Crippen LogP contribution in [0.15, 0.2) is 0 Å². The molecule has 1 heterocycles. The summed E-state index contributed by atoms with van der Waals surface area (Å²) in [6, 6.07) is -0.180. The molecule has 1 aliphatic heterocycles. The number of urea groups is 1. The predicted molar refractivity (Wildman–Crippen MR) is 68.0 cm³/mol. The van der Waals surface area contributed by atoms with Crippen molar-refractivity contribution in [2.45, 2.75) is 32.6 Å². The second-order valence-corrected chi connectivity index (χ2v) is 4.93. The Bertz CT molecular complexity index is 362. The zero-order valence-electron chi connectivity index (χ0n) is 10.7. The minimum atomic E-state index is -0.841. The first-order valence-electron chi connectivity index (χ1n) is 6.19. The number of aliphatic carboxylic acids is 1. The van der Waals surface area contributed by atoms with Crippen LogP contribution in [0.1, 0.15) is 32.6 Å². The molecular weight excluding hydrogens is 232 g/mol. The summed E-state index contributed by atoms with van der Waals surface area (Å²) in [6.45, 7) is 3.04. The van der Waals surface area contributed by atoms with Crippen LogP contribution in [-0.2, 0) is 4.79 Å². The Morgan fingerprint density at radius 2 is 2.22 bits per heavy atom. The molecule has 2 amide bonds. The molecule has 1 atom stereocenters. The lowest BCUT2D eigenvalue weighted by molar-refractivity contribution is -0.146. The Morgan fingerprint density at radius 1 is 1.50 bits per heavy atom. The van der Waals surface area contributed by atoms with Gasteiger partial charge in [0.05, 0.1) is 5.41 Å². The van der Waals surface area contributed by atoms with Crippen LogP contribution >= 0.6 is 0 Å². The normalized spacial score (nSPS) is 22.6. The van der Waals surface area contributed by atoms with Gasteiger partial charge in [-0.25, -0.2) is 4.79 Å². The van der Waals surface area contributed by atoms with Crippen LogP contribution in [0.5, 0.6) is 0 Å². The SMILES string of the molecule is C#CCCCCNC(=O)N1CCC(C)(C(=O)O)C1. The monoisotopic (exact) mass is 252 g/mol. The summed E-state index contributed by atoms with van der Waals surface area (Å²) >= 11 is 0. The fraction of sp³-hybridized carbons (Fsp3) is 0.692. The molecule has 0 spiro atoms. The summed E-state index contributed by atoms with van der Waals surface area (Å²) in [6.07, 6.45) is 8.09. The van der Waals surface area contributed by atoms with Gasteiger partial charge in [0.2, 0.25) is 0 Å². The van der Waals surface area contributed by atoms with Crippen molar-refractivity contribution < 1.29 is 14.7 Å². The van der Waals surface area contributed by atoms with Crippen molar-refractivity contribution in [2.75, 3.05) is 19.6 Å². The zero-order valence-corrected chi connectivity index (χ0v) is 10.7. The molecule has 0 bridgehead atoms. The van der Waals surface area contributed by atoms with Crippen LogP contribution < -0.4 is 5.32 Å².